The first kappa shape index (κ1) is 11.0. The summed E-state index contributed by atoms with van der Waals surface area (Å²) in [6.07, 6.45) is 2.05. The quantitative estimate of drug-likeness (QED) is 0.633. The lowest BCUT2D eigenvalue weighted by molar-refractivity contribution is 0.623. The number of aryl methyl sites for hydroxylation is 1. The standard InChI is InChI=1S/C16H14FN/c1-12-6-7-15(17)10-14(12)11-18-9-8-13-4-2-3-5-16(13)18/h2-10H,11H2,1H3. The van der Waals surface area contributed by atoms with Gasteiger partial charge in [-0.25, -0.2) is 4.39 Å². The number of para-hydroxylation sites is 1. The van der Waals surface area contributed by atoms with Gasteiger partial charge < -0.3 is 4.57 Å². The molecule has 0 amide bonds. The Bertz CT molecular complexity index is 697. The van der Waals surface area contributed by atoms with Gasteiger partial charge in [-0.2, -0.15) is 0 Å². The van der Waals surface area contributed by atoms with Gasteiger partial charge in [-0.15, -0.1) is 0 Å². The maximum atomic E-state index is 13.3. The fourth-order valence-corrected chi connectivity index (χ4v) is 2.27. The van der Waals surface area contributed by atoms with Crippen LogP contribution in [-0.4, -0.2) is 4.57 Å². The maximum absolute atomic E-state index is 13.3. The molecule has 1 heterocycles. The van der Waals surface area contributed by atoms with Crippen LogP contribution in [0.2, 0.25) is 0 Å². The highest BCUT2D eigenvalue weighted by atomic mass is 19.1. The molecule has 0 fully saturated rings. The van der Waals surface area contributed by atoms with Gasteiger partial charge in [0.2, 0.25) is 0 Å². The third-order valence-corrected chi connectivity index (χ3v) is 3.33. The van der Waals surface area contributed by atoms with E-state index in [-0.39, 0.29) is 5.82 Å². The van der Waals surface area contributed by atoms with Crippen LogP contribution < -0.4 is 0 Å². The molecule has 0 aliphatic carbocycles. The second kappa shape index (κ2) is 4.30. The van der Waals surface area contributed by atoms with E-state index in [4.69, 9.17) is 0 Å². The molecule has 1 aromatic heterocycles. The molecule has 3 rings (SSSR count). The van der Waals surface area contributed by atoms with E-state index in [1.165, 1.54) is 17.0 Å². The van der Waals surface area contributed by atoms with Crippen LogP contribution in [0.3, 0.4) is 0 Å². The molecule has 0 N–H and O–H groups in total. The zero-order chi connectivity index (χ0) is 12.5. The minimum Gasteiger partial charge on any atom is -0.343 e. The number of hydrogen-bond donors (Lipinski definition) is 0. The van der Waals surface area contributed by atoms with E-state index in [0.29, 0.717) is 6.54 Å². The number of halogens is 1. The van der Waals surface area contributed by atoms with Crippen LogP contribution in [0.4, 0.5) is 4.39 Å². The third-order valence-electron chi connectivity index (χ3n) is 3.33. The molecule has 18 heavy (non-hydrogen) atoms. The summed E-state index contributed by atoms with van der Waals surface area (Å²) in [4.78, 5) is 0. The lowest BCUT2D eigenvalue weighted by Crippen LogP contribution is -2.00. The van der Waals surface area contributed by atoms with Crippen molar-refractivity contribution in [2.75, 3.05) is 0 Å². The first-order chi connectivity index (χ1) is 8.74. The Morgan fingerprint density at radius 3 is 2.78 bits per heavy atom. The molecular weight excluding hydrogens is 225 g/mol. The van der Waals surface area contributed by atoms with E-state index in [1.54, 1.807) is 6.07 Å². The zero-order valence-corrected chi connectivity index (χ0v) is 10.2. The van der Waals surface area contributed by atoms with Crippen LogP contribution in [0.25, 0.3) is 10.9 Å². The van der Waals surface area contributed by atoms with Gasteiger partial charge in [-0.3, -0.25) is 0 Å². The Hall–Kier alpha value is -2.09. The van der Waals surface area contributed by atoms with E-state index in [9.17, 15) is 4.39 Å². The van der Waals surface area contributed by atoms with Gasteiger partial charge in [-0.05, 0) is 47.7 Å². The molecule has 0 aliphatic rings. The molecule has 0 atom stereocenters. The summed E-state index contributed by atoms with van der Waals surface area (Å²) in [7, 11) is 0. The second-order valence-electron chi connectivity index (χ2n) is 4.57. The molecule has 0 radical (unpaired) electrons. The molecule has 0 saturated carbocycles. The molecule has 0 spiro atoms. The average Bonchev–Trinajstić information content (AvgIpc) is 2.78. The Kier molecular flexibility index (Phi) is 2.63. The Morgan fingerprint density at radius 1 is 1.06 bits per heavy atom. The fourth-order valence-electron chi connectivity index (χ4n) is 2.27. The molecular formula is C16H14FN. The number of hydrogen-bond acceptors (Lipinski definition) is 0. The Balaban J connectivity index is 2.04. The van der Waals surface area contributed by atoms with Gasteiger partial charge in [0, 0.05) is 18.3 Å². The molecule has 0 saturated heterocycles. The summed E-state index contributed by atoms with van der Waals surface area (Å²) in [5.41, 5.74) is 3.33. The van der Waals surface area contributed by atoms with Crippen molar-refractivity contribution < 1.29 is 4.39 Å². The fraction of sp³-hybridized carbons (Fsp3) is 0.125. The molecule has 2 heteroatoms. The lowest BCUT2D eigenvalue weighted by Gasteiger charge is -2.09. The predicted octanol–water partition coefficient (Wildman–Crippen LogP) is 4.14. The maximum Gasteiger partial charge on any atom is 0.123 e. The van der Waals surface area contributed by atoms with Gasteiger partial charge in [0.1, 0.15) is 5.82 Å². The molecule has 1 nitrogen and oxygen atoms in total. The summed E-state index contributed by atoms with van der Waals surface area (Å²) in [6, 6.07) is 15.3. The first-order valence-electron chi connectivity index (χ1n) is 6.03. The largest absolute Gasteiger partial charge is 0.343 e. The monoisotopic (exact) mass is 239 g/mol. The summed E-state index contributed by atoms with van der Waals surface area (Å²) in [5.74, 6) is -0.174. The van der Waals surface area contributed by atoms with Gasteiger partial charge in [0.25, 0.3) is 0 Å². The van der Waals surface area contributed by atoms with Crippen molar-refractivity contribution in [2.45, 2.75) is 13.5 Å². The summed E-state index contributed by atoms with van der Waals surface area (Å²) < 4.78 is 15.4. The lowest BCUT2D eigenvalue weighted by atomic mass is 10.1. The van der Waals surface area contributed by atoms with E-state index >= 15 is 0 Å². The number of nitrogens with zero attached hydrogens (tertiary/aromatic N) is 1. The number of benzene rings is 2. The molecule has 3 aromatic rings. The highest BCUT2D eigenvalue weighted by Crippen LogP contribution is 2.18. The topological polar surface area (TPSA) is 4.93 Å². The number of aromatic nitrogens is 1. The van der Waals surface area contributed by atoms with Crippen molar-refractivity contribution in [2.24, 2.45) is 0 Å². The SMILES string of the molecule is Cc1ccc(F)cc1Cn1ccc2ccccc21. The van der Waals surface area contributed by atoms with E-state index < -0.39 is 0 Å². The van der Waals surface area contributed by atoms with Gasteiger partial charge >= 0.3 is 0 Å². The molecule has 2 aromatic carbocycles. The summed E-state index contributed by atoms with van der Waals surface area (Å²) in [6.45, 7) is 2.72. The highest BCUT2D eigenvalue weighted by Gasteiger charge is 2.04. The first-order valence-corrected chi connectivity index (χ1v) is 6.03. The Morgan fingerprint density at radius 2 is 1.89 bits per heavy atom. The van der Waals surface area contributed by atoms with E-state index in [2.05, 4.69) is 29.0 Å². The van der Waals surface area contributed by atoms with Crippen molar-refractivity contribution in [1.29, 1.82) is 0 Å². The highest BCUT2D eigenvalue weighted by molar-refractivity contribution is 5.80. The van der Waals surface area contributed by atoms with Crippen molar-refractivity contribution in [3.05, 3.63) is 71.7 Å². The van der Waals surface area contributed by atoms with Crippen LogP contribution in [0.5, 0.6) is 0 Å². The van der Waals surface area contributed by atoms with Crippen LogP contribution >= 0.6 is 0 Å². The van der Waals surface area contributed by atoms with Gasteiger partial charge in [-0.1, -0.05) is 24.3 Å². The Labute approximate surface area is 105 Å². The molecule has 0 aliphatic heterocycles. The summed E-state index contributed by atoms with van der Waals surface area (Å²) in [5, 5.41) is 1.21. The van der Waals surface area contributed by atoms with E-state index in [0.717, 1.165) is 11.1 Å². The van der Waals surface area contributed by atoms with E-state index in [1.807, 2.05) is 25.1 Å². The normalized spacial score (nSPS) is 11.0. The van der Waals surface area contributed by atoms with Crippen molar-refractivity contribution in [3.8, 4) is 0 Å². The van der Waals surface area contributed by atoms with Crippen LogP contribution in [0.1, 0.15) is 11.1 Å². The van der Waals surface area contributed by atoms with Gasteiger partial charge in [0.15, 0.2) is 0 Å². The van der Waals surface area contributed by atoms with Crippen molar-refractivity contribution >= 4 is 10.9 Å². The number of rotatable bonds is 2. The predicted molar refractivity (Wildman–Crippen MR) is 72.2 cm³/mol. The molecule has 0 unspecified atom stereocenters. The van der Waals surface area contributed by atoms with Crippen LogP contribution in [0.15, 0.2) is 54.7 Å². The van der Waals surface area contributed by atoms with Crippen LogP contribution in [0, 0.1) is 12.7 Å². The third kappa shape index (κ3) is 1.90. The van der Waals surface area contributed by atoms with Crippen molar-refractivity contribution in [3.63, 3.8) is 0 Å². The van der Waals surface area contributed by atoms with Gasteiger partial charge in [0.05, 0.1) is 0 Å². The zero-order valence-electron chi connectivity index (χ0n) is 10.2. The molecule has 0 bridgehead atoms. The van der Waals surface area contributed by atoms with Crippen molar-refractivity contribution in [1.82, 2.24) is 4.57 Å². The average molecular weight is 239 g/mol. The minimum absolute atomic E-state index is 0.174. The smallest absolute Gasteiger partial charge is 0.123 e. The molecule has 90 valence electrons. The van der Waals surface area contributed by atoms with Crippen LogP contribution in [-0.2, 0) is 6.54 Å². The second-order valence-corrected chi connectivity index (χ2v) is 4.57. The number of fused-ring (bicyclic) bond motifs is 1. The summed E-state index contributed by atoms with van der Waals surface area (Å²) >= 11 is 0. The minimum atomic E-state index is -0.174.